The van der Waals surface area contributed by atoms with Gasteiger partial charge < -0.3 is 5.11 Å². The first-order valence-corrected chi connectivity index (χ1v) is 3.58. The van der Waals surface area contributed by atoms with Crippen molar-refractivity contribution in [3.8, 4) is 0 Å². The van der Waals surface area contributed by atoms with E-state index in [-0.39, 0.29) is 5.92 Å². The van der Waals surface area contributed by atoms with Crippen molar-refractivity contribution < 1.29 is 9.90 Å². The second-order valence-electron chi connectivity index (χ2n) is 1.84. The number of halogens is 1. The molecule has 52 valence electrons. The zero-order valence-corrected chi connectivity index (χ0v) is 6.76. The summed E-state index contributed by atoms with van der Waals surface area (Å²) in [6, 6.07) is 0. The Morgan fingerprint density at radius 2 is 2.44 bits per heavy atom. The van der Waals surface area contributed by atoms with E-state index in [1.807, 2.05) is 0 Å². The Morgan fingerprint density at radius 3 is 2.78 bits per heavy atom. The Hall–Kier alpha value is -0.310. The highest BCUT2D eigenvalue weighted by atomic mass is 79.9. The smallest absolute Gasteiger partial charge is 0.306 e. The van der Waals surface area contributed by atoms with Crippen LogP contribution >= 0.6 is 15.9 Å². The quantitative estimate of drug-likeness (QED) is 0.744. The van der Waals surface area contributed by atoms with Crippen LogP contribution in [0.2, 0.25) is 0 Å². The molecule has 0 aromatic rings. The standard InChI is InChI=1S/C6H9BrO2/c1-5(6(8)9)3-2-4-7/h2,4-5H,3H2,1H3,(H,8,9). The van der Waals surface area contributed by atoms with Crippen LogP contribution in [0.4, 0.5) is 0 Å². The fraction of sp³-hybridized carbons (Fsp3) is 0.500. The van der Waals surface area contributed by atoms with Gasteiger partial charge in [0.2, 0.25) is 0 Å². The molecular formula is C6H9BrO2. The predicted molar refractivity (Wildman–Crippen MR) is 39.5 cm³/mol. The normalized spacial score (nSPS) is 14.0. The van der Waals surface area contributed by atoms with Crippen LogP contribution in [0.15, 0.2) is 11.1 Å². The number of hydrogen-bond donors (Lipinski definition) is 1. The molecular weight excluding hydrogens is 184 g/mol. The summed E-state index contributed by atoms with van der Waals surface area (Å²) >= 11 is 3.05. The average Bonchev–Trinajstić information content (AvgIpc) is 1.82. The fourth-order valence-electron chi connectivity index (χ4n) is 0.356. The first-order valence-electron chi connectivity index (χ1n) is 2.66. The van der Waals surface area contributed by atoms with E-state index in [9.17, 15) is 4.79 Å². The van der Waals surface area contributed by atoms with Gasteiger partial charge in [0.05, 0.1) is 5.92 Å². The molecule has 0 heterocycles. The lowest BCUT2D eigenvalue weighted by Gasteiger charge is -1.98. The molecule has 0 aromatic heterocycles. The van der Waals surface area contributed by atoms with Gasteiger partial charge in [0.25, 0.3) is 0 Å². The Bertz CT molecular complexity index is 120. The van der Waals surface area contributed by atoms with Crippen molar-refractivity contribution in [2.24, 2.45) is 5.92 Å². The van der Waals surface area contributed by atoms with Crippen molar-refractivity contribution in [2.75, 3.05) is 0 Å². The van der Waals surface area contributed by atoms with Crippen LogP contribution < -0.4 is 0 Å². The van der Waals surface area contributed by atoms with Crippen molar-refractivity contribution in [3.05, 3.63) is 11.1 Å². The van der Waals surface area contributed by atoms with E-state index in [0.717, 1.165) is 0 Å². The van der Waals surface area contributed by atoms with Crippen molar-refractivity contribution in [1.29, 1.82) is 0 Å². The maximum Gasteiger partial charge on any atom is 0.306 e. The summed E-state index contributed by atoms with van der Waals surface area (Å²) in [6.07, 6.45) is 2.36. The van der Waals surface area contributed by atoms with Crippen molar-refractivity contribution in [2.45, 2.75) is 13.3 Å². The van der Waals surface area contributed by atoms with Gasteiger partial charge in [0, 0.05) is 0 Å². The molecule has 0 saturated carbocycles. The first kappa shape index (κ1) is 8.69. The molecule has 1 unspecified atom stereocenters. The molecule has 0 aliphatic rings. The topological polar surface area (TPSA) is 37.3 Å². The van der Waals surface area contributed by atoms with E-state index < -0.39 is 5.97 Å². The average molecular weight is 193 g/mol. The number of hydrogen-bond acceptors (Lipinski definition) is 1. The molecule has 1 N–H and O–H groups in total. The molecule has 0 aliphatic heterocycles. The van der Waals surface area contributed by atoms with Gasteiger partial charge in [0.15, 0.2) is 0 Å². The van der Waals surface area contributed by atoms with Gasteiger partial charge in [0.1, 0.15) is 0 Å². The predicted octanol–water partition coefficient (Wildman–Crippen LogP) is 2.01. The molecule has 2 nitrogen and oxygen atoms in total. The number of carboxylic acids is 1. The maximum atomic E-state index is 10.2. The van der Waals surface area contributed by atoms with Crippen molar-refractivity contribution in [3.63, 3.8) is 0 Å². The van der Waals surface area contributed by atoms with Crippen molar-refractivity contribution >= 4 is 21.9 Å². The summed E-state index contributed by atoms with van der Waals surface area (Å²) in [5, 5.41) is 8.36. The largest absolute Gasteiger partial charge is 0.481 e. The maximum absolute atomic E-state index is 10.2. The minimum Gasteiger partial charge on any atom is -0.481 e. The Morgan fingerprint density at radius 1 is 1.89 bits per heavy atom. The summed E-state index contributed by atoms with van der Waals surface area (Å²) in [6.45, 7) is 1.68. The van der Waals surface area contributed by atoms with Crippen LogP contribution in [0.25, 0.3) is 0 Å². The molecule has 0 bridgehead atoms. The van der Waals surface area contributed by atoms with E-state index in [4.69, 9.17) is 5.11 Å². The zero-order chi connectivity index (χ0) is 7.28. The van der Waals surface area contributed by atoms with Crippen LogP contribution in [0.5, 0.6) is 0 Å². The molecule has 0 radical (unpaired) electrons. The summed E-state index contributed by atoms with van der Waals surface area (Å²) in [5.74, 6) is -1.03. The minimum absolute atomic E-state index is 0.279. The van der Waals surface area contributed by atoms with Crippen LogP contribution in [0.1, 0.15) is 13.3 Å². The summed E-state index contributed by atoms with van der Waals surface area (Å²) < 4.78 is 0. The van der Waals surface area contributed by atoms with Gasteiger partial charge in [-0.1, -0.05) is 28.9 Å². The SMILES string of the molecule is CC(CC=CBr)C(=O)O. The molecule has 3 heteroatoms. The second-order valence-corrected chi connectivity index (χ2v) is 2.37. The second kappa shape index (κ2) is 4.56. The van der Waals surface area contributed by atoms with E-state index in [1.165, 1.54) is 0 Å². The molecule has 0 rings (SSSR count). The summed E-state index contributed by atoms with van der Waals surface area (Å²) in [7, 11) is 0. The monoisotopic (exact) mass is 192 g/mol. The third-order valence-corrected chi connectivity index (χ3v) is 1.37. The molecule has 9 heavy (non-hydrogen) atoms. The number of rotatable bonds is 3. The lowest BCUT2D eigenvalue weighted by atomic mass is 10.1. The highest BCUT2D eigenvalue weighted by molar-refractivity contribution is 9.11. The van der Waals surface area contributed by atoms with E-state index in [2.05, 4.69) is 15.9 Å². The highest BCUT2D eigenvalue weighted by Gasteiger charge is 2.06. The van der Waals surface area contributed by atoms with Gasteiger partial charge in [-0.3, -0.25) is 4.79 Å². The van der Waals surface area contributed by atoms with Gasteiger partial charge >= 0.3 is 5.97 Å². The number of allylic oxidation sites excluding steroid dienone is 1. The highest BCUT2D eigenvalue weighted by Crippen LogP contribution is 2.02. The van der Waals surface area contributed by atoms with E-state index in [1.54, 1.807) is 18.0 Å². The summed E-state index contributed by atoms with van der Waals surface area (Å²) in [5.41, 5.74) is 0. The van der Waals surface area contributed by atoms with Crippen molar-refractivity contribution in [1.82, 2.24) is 0 Å². The van der Waals surface area contributed by atoms with E-state index in [0.29, 0.717) is 6.42 Å². The summed E-state index contributed by atoms with van der Waals surface area (Å²) in [4.78, 5) is 11.8. The number of aliphatic carboxylic acids is 1. The van der Waals surface area contributed by atoms with Crippen LogP contribution in [0, 0.1) is 5.92 Å². The van der Waals surface area contributed by atoms with Crippen LogP contribution in [-0.4, -0.2) is 11.1 Å². The third-order valence-electron chi connectivity index (χ3n) is 1.00. The van der Waals surface area contributed by atoms with Gasteiger partial charge in [-0.25, -0.2) is 0 Å². The zero-order valence-electron chi connectivity index (χ0n) is 5.17. The van der Waals surface area contributed by atoms with Gasteiger partial charge in [-0.2, -0.15) is 0 Å². The lowest BCUT2D eigenvalue weighted by Crippen LogP contribution is -2.07. The van der Waals surface area contributed by atoms with Crippen LogP contribution in [-0.2, 0) is 4.79 Å². The van der Waals surface area contributed by atoms with Gasteiger partial charge in [-0.15, -0.1) is 0 Å². The van der Waals surface area contributed by atoms with E-state index >= 15 is 0 Å². The number of carbonyl (C=O) groups is 1. The number of carboxylic acid groups (broad SMARTS) is 1. The Labute approximate surface area is 62.7 Å². The molecule has 1 atom stereocenters. The molecule has 0 spiro atoms. The molecule has 0 fully saturated rings. The Kier molecular flexibility index (Phi) is 4.40. The fourth-order valence-corrected chi connectivity index (χ4v) is 0.572. The molecule has 0 amide bonds. The molecule has 0 aromatic carbocycles. The van der Waals surface area contributed by atoms with Gasteiger partial charge in [-0.05, 0) is 11.4 Å². The third kappa shape index (κ3) is 4.21. The van der Waals surface area contributed by atoms with Crippen LogP contribution in [0.3, 0.4) is 0 Å². The first-order chi connectivity index (χ1) is 4.18. The Balaban J connectivity index is 3.50. The lowest BCUT2D eigenvalue weighted by molar-refractivity contribution is -0.140. The molecule has 0 saturated heterocycles. The molecule has 0 aliphatic carbocycles. The minimum atomic E-state index is -0.749.